The molecule has 0 unspecified atom stereocenters. The molecule has 0 aliphatic carbocycles. The molecular weight excluding hydrogens is 374 g/mol. The molecule has 2 aromatic carbocycles. The molecule has 1 amide bonds. The lowest BCUT2D eigenvalue weighted by Crippen LogP contribution is -2.13. The molecule has 0 heterocycles. The molecule has 0 saturated heterocycles. The highest BCUT2D eigenvalue weighted by Gasteiger charge is 2.14. The van der Waals surface area contributed by atoms with Crippen LogP contribution >= 0.6 is 0 Å². The third-order valence-corrected chi connectivity index (χ3v) is 4.21. The largest absolute Gasteiger partial charge is 0.493 e. The van der Waals surface area contributed by atoms with Crippen molar-refractivity contribution in [2.45, 2.75) is 26.2 Å². The minimum Gasteiger partial charge on any atom is -0.493 e. The number of amides is 1. The van der Waals surface area contributed by atoms with Gasteiger partial charge >= 0.3 is 5.97 Å². The van der Waals surface area contributed by atoms with Crippen LogP contribution in [0.3, 0.4) is 0 Å². The minimum atomic E-state index is -0.368. The lowest BCUT2D eigenvalue weighted by molar-refractivity contribution is -0.116. The molecule has 2 aromatic rings. The highest BCUT2D eigenvalue weighted by atomic mass is 16.5. The second-order valence-corrected chi connectivity index (χ2v) is 6.30. The molecule has 0 aliphatic rings. The molecule has 7 nitrogen and oxygen atoms in total. The first-order valence-corrected chi connectivity index (χ1v) is 9.38. The Morgan fingerprint density at radius 3 is 2.07 bits per heavy atom. The van der Waals surface area contributed by atoms with Gasteiger partial charge in [-0.15, -0.1) is 0 Å². The highest BCUT2D eigenvalue weighted by Crippen LogP contribution is 2.38. The fourth-order valence-corrected chi connectivity index (χ4v) is 2.73. The highest BCUT2D eigenvalue weighted by molar-refractivity contribution is 5.93. The Labute approximate surface area is 170 Å². The van der Waals surface area contributed by atoms with Gasteiger partial charge in [-0.2, -0.15) is 0 Å². The predicted octanol–water partition coefficient (Wildman–Crippen LogP) is 3.85. The first-order chi connectivity index (χ1) is 14.0. The third-order valence-electron chi connectivity index (χ3n) is 4.21. The van der Waals surface area contributed by atoms with Crippen LogP contribution in [0.1, 0.15) is 35.7 Å². The van der Waals surface area contributed by atoms with E-state index < -0.39 is 0 Å². The van der Waals surface area contributed by atoms with Gasteiger partial charge in [-0.25, -0.2) is 4.79 Å². The first kappa shape index (κ1) is 22.1. The molecule has 0 spiro atoms. The molecule has 0 radical (unpaired) electrons. The van der Waals surface area contributed by atoms with Crippen molar-refractivity contribution in [2.75, 3.05) is 33.3 Å². The molecule has 29 heavy (non-hydrogen) atoms. The number of methoxy groups -OCH3 is 3. The van der Waals surface area contributed by atoms with Crippen molar-refractivity contribution in [3.63, 3.8) is 0 Å². The van der Waals surface area contributed by atoms with E-state index in [1.807, 2.05) is 19.1 Å². The molecule has 156 valence electrons. The van der Waals surface area contributed by atoms with Crippen LogP contribution in [0.5, 0.6) is 17.2 Å². The van der Waals surface area contributed by atoms with E-state index in [-0.39, 0.29) is 18.3 Å². The van der Waals surface area contributed by atoms with Crippen molar-refractivity contribution in [1.29, 1.82) is 0 Å². The van der Waals surface area contributed by atoms with Gasteiger partial charge in [0.1, 0.15) is 0 Å². The van der Waals surface area contributed by atoms with Crippen LogP contribution < -0.4 is 19.5 Å². The fraction of sp³-hybridized carbons (Fsp3) is 0.364. The van der Waals surface area contributed by atoms with E-state index in [9.17, 15) is 9.59 Å². The molecular formula is C22H27NO6. The van der Waals surface area contributed by atoms with Crippen molar-refractivity contribution in [2.24, 2.45) is 0 Å². The second kappa shape index (κ2) is 10.9. The van der Waals surface area contributed by atoms with E-state index in [4.69, 9.17) is 18.9 Å². The summed E-state index contributed by atoms with van der Waals surface area (Å²) >= 11 is 0. The predicted molar refractivity (Wildman–Crippen MR) is 110 cm³/mol. The first-order valence-electron chi connectivity index (χ1n) is 9.38. The van der Waals surface area contributed by atoms with Crippen molar-refractivity contribution in [1.82, 2.24) is 0 Å². The van der Waals surface area contributed by atoms with E-state index in [1.54, 1.807) is 45.6 Å². The molecule has 7 heteroatoms. The zero-order chi connectivity index (χ0) is 21.2. The van der Waals surface area contributed by atoms with Crippen LogP contribution in [0.25, 0.3) is 0 Å². The van der Waals surface area contributed by atoms with Crippen LogP contribution in [-0.2, 0) is 16.0 Å². The Kier molecular flexibility index (Phi) is 8.33. The van der Waals surface area contributed by atoms with Crippen LogP contribution in [0, 0.1) is 0 Å². The monoisotopic (exact) mass is 401 g/mol. The summed E-state index contributed by atoms with van der Waals surface area (Å²) in [6, 6.07) is 10.3. The summed E-state index contributed by atoms with van der Waals surface area (Å²) in [6.07, 6.45) is 1.55. The molecule has 0 atom stereocenters. The number of aryl methyl sites for hydroxylation is 1. The summed E-state index contributed by atoms with van der Waals surface area (Å²) < 4.78 is 21.1. The van der Waals surface area contributed by atoms with Gasteiger partial charge in [0.15, 0.2) is 11.5 Å². The van der Waals surface area contributed by atoms with E-state index in [2.05, 4.69) is 5.32 Å². The lowest BCUT2D eigenvalue weighted by atomic mass is 10.1. The summed E-state index contributed by atoms with van der Waals surface area (Å²) in [5, 5.41) is 2.82. The Morgan fingerprint density at radius 2 is 1.55 bits per heavy atom. The smallest absolute Gasteiger partial charge is 0.338 e. The standard InChI is InChI=1S/C22H27NO6/c1-5-12-29-22(25)16-7-9-17(10-8-16)23-20(24)11-6-15-13-18(26-2)21(28-4)19(14-15)27-3/h7-10,13-14H,5-6,11-12H2,1-4H3,(H,23,24). The van der Waals surface area contributed by atoms with E-state index >= 15 is 0 Å². The van der Waals surface area contributed by atoms with Crippen LogP contribution in [0.4, 0.5) is 5.69 Å². The summed E-state index contributed by atoms with van der Waals surface area (Å²) in [4.78, 5) is 24.1. The van der Waals surface area contributed by atoms with Crippen LogP contribution in [0.2, 0.25) is 0 Å². The Bertz CT molecular complexity index is 807. The number of hydrogen-bond donors (Lipinski definition) is 1. The molecule has 0 aromatic heterocycles. The maximum absolute atomic E-state index is 12.3. The fourth-order valence-electron chi connectivity index (χ4n) is 2.73. The molecule has 0 fully saturated rings. The summed E-state index contributed by atoms with van der Waals surface area (Å²) in [7, 11) is 4.65. The van der Waals surface area contributed by atoms with Gasteiger partial charge in [-0.05, 0) is 54.8 Å². The number of nitrogens with one attached hydrogen (secondary N) is 1. The third kappa shape index (κ3) is 6.14. The number of ether oxygens (including phenoxy) is 4. The van der Waals surface area contributed by atoms with Crippen molar-refractivity contribution < 1.29 is 28.5 Å². The summed E-state index contributed by atoms with van der Waals surface area (Å²) in [5.41, 5.74) is 1.96. The Balaban J connectivity index is 1.95. The number of carbonyl (C=O) groups is 2. The molecule has 0 saturated carbocycles. The lowest BCUT2D eigenvalue weighted by Gasteiger charge is -2.14. The zero-order valence-corrected chi connectivity index (χ0v) is 17.2. The minimum absolute atomic E-state index is 0.139. The Morgan fingerprint density at radius 1 is 0.931 bits per heavy atom. The number of benzene rings is 2. The molecule has 0 bridgehead atoms. The van der Waals surface area contributed by atoms with E-state index in [1.165, 1.54) is 0 Å². The maximum Gasteiger partial charge on any atom is 0.338 e. The normalized spacial score (nSPS) is 10.2. The average Bonchev–Trinajstić information content (AvgIpc) is 2.75. The van der Waals surface area contributed by atoms with Crippen LogP contribution in [-0.4, -0.2) is 39.8 Å². The number of hydrogen-bond acceptors (Lipinski definition) is 6. The zero-order valence-electron chi connectivity index (χ0n) is 17.2. The summed E-state index contributed by atoms with van der Waals surface area (Å²) in [6.45, 7) is 2.32. The quantitative estimate of drug-likeness (QED) is 0.609. The molecule has 0 aliphatic heterocycles. The van der Waals surface area contributed by atoms with Crippen LogP contribution in [0.15, 0.2) is 36.4 Å². The maximum atomic E-state index is 12.3. The number of rotatable bonds is 10. The van der Waals surface area contributed by atoms with Gasteiger partial charge < -0.3 is 24.3 Å². The number of anilines is 1. The average molecular weight is 401 g/mol. The molecule has 1 N–H and O–H groups in total. The van der Waals surface area contributed by atoms with E-state index in [0.717, 1.165) is 12.0 Å². The van der Waals surface area contributed by atoms with Gasteiger partial charge in [-0.3, -0.25) is 4.79 Å². The van der Waals surface area contributed by atoms with Crippen molar-refractivity contribution >= 4 is 17.6 Å². The van der Waals surface area contributed by atoms with Gasteiger partial charge in [0.25, 0.3) is 0 Å². The second-order valence-electron chi connectivity index (χ2n) is 6.30. The van der Waals surface area contributed by atoms with Gasteiger partial charge in [-0.1, -0.05) is 6.92 Å². The van der Waals surface area contributed by atoms with E-state index in [0.29, 0.717) is 41.5 Å². The van der Waals surface area contributed by atoms with Gasteiger partial charge in [0.05, 0.1) is 33.5 Å². The molecule has 2 rings (SSSR count). The topological polar surface area (TPSA) is 83.1 Å². The van der Waals surface area contributed by atoms with Crippen molar-refractivity contribution in [3.05, 3.63) is 47.5 Å². The SMILES string of the molecule is CCCOC(=O)c1ccc(NC(=O)CCc2cc(OC)c(OC)c(OC)c2)cc1. The van der Waals surface area contributed by atoms with Gasteiger partial charge in [0, 0.05) is 12.1 Å². The Hall–Kier alpha value is -3.22. The number of esters is 1. The number of carbonyl (C=O) groups excluding carboxylic acids is 2. The van der Waals surface area contributed by atoms with Gasteiger partial charge in [0.2, 0.25) is 11.7 Å². The van der Waals surface area contributed by atoms with Crippen molar-refractivity contribution in [3.8, 4) is 17.2 Å². The summed E-state index contributed by atoms with van der Waals surface area (Å²) in [5.74, 6) is 1.11.